The Morgan fingerprint density at radius 1 is 1.32 bits per heavy atom. The summed E-state index contributed by atoms with van der Waals surface area (Å²) < 4.78 is 47.6. The van der Waals surface area contributed by atoms with Crippen LogP contribution >= 0.6 is 24.0 Å². The van der Waals surface area contributed by atoms with Crippen molar-refractivity contribution in [3.05, 3.63) is 23.9 Å². The van der Waals surface area contributed by atoms with Gasteiger partial charge in [0.1, 0.15) is 6.10 Å². The molecule has 12 heteroatoms. The Labute approximate surface area is 196 Å². The molecule has 1 atom stereocenters. The summed E-state index contributed by atoms with van der Waals surface area (Å²) in [6, 6.07) is 3.28. The van der Waals surface area contributed by atoms with E-state index in [0.29, 0.717) is 44.3 Å². The Bertz CT molecular complexity index is 752. The fourth-order valence-electron chi connectivity index (χ4n) is 3.46. The predicted molar refractivity (Wildman–Crippen MR) is 119 cm³/mol. The van der Waals surface area contributed by atoms with Crippen molar-refractivity contribution in [1.29, 1.82) is 0 Å². The van der Waals surface area contributed by atoms with Gasteiger partial charge in [0.05, 0.1) is 0 Å². The largest absolute Gasteiger partial charge is 0.468 e. The number of aromatic nitrogens is 1. The molecule has 0 saturated carbocycles. The lowest BCUT2D eigenvalue weighted by Crippen LogP contribution is -2.55. The van der Waals surface area contributed by atoms with Gasteiger partial charge in [-0.2, -0.15) is 13.2 Å². The topological polar surface area (TPSA) is 79.3 Å². The molecular formula is C19H27F3IN5O3. The van der Waals surface area contributed by atoms with Gasteiger partial charge in [0, 0.05) is 58.1 Å². The first kappa shape index (κ1) is 25.4. The fourth-order valence-corrected chi connectivity index (χ4v) is 3.46. The van der Waals surface area contributed by atoms with Gasteiger partial charge >= 0.3 is 6.18 Å². The monoisotopic (exact) mass is 557 g/mol. The minimum Gasteiger partial charge on any atom is -0.468 e. The van der Waals surface area contributed by atoms with Crippen molar-refractivity contribution in [2.45, 2.75) is 31.7 Å². The van der Waals surface area contributed by atoms with Gasteiger partial charge in [-0.1, -0.05) is 6.07 Å². The number of alkyl halides is 3. The normalized spacial score (nSPS) is 19.7. The molecule has 0 bridgehead atoms. The van der Waals surface area contributed by atoms with Gasteiger partial charge in [-0.15, -0.1) is 24.0 Å². The van der Waals surface area contributed by atoms with Crippen molar-refractivity contribution < 1.29 is 27.4 Å². The average molecular weight is 557 g/mol. The molecule has 1 aromatic rings. The molecule has 1 unspecified atom stereocenters. The Balaban J connectivity index is 0.00000341. The van der Waals surface area contributed by atoms with Crippen LogP contribution in [0.3, 0.4) is 0 Å². The molecule has 0 aliphatic carbocycles. The Hall–Kier alpha value is -1.83. The maximum atomic E-state index is 12.5. The summed E-state index contributed by atoms with van der Waals surface area (Å²) in [6.07, 6.45) is -1.69. The van der Waals surface area contributed by atoms with E-state index in [9.17, 15) is 18.0 Å². The van der Waals surface area contributed by atoms with Crippen LogP contribution in [-0.4, -0.2) is 85.4 Å². The fraction of sp³-hybridized carbons (Fsp3) is 0.632. The Morgan fingerprint density at radius 3 is 2.65 bits per heavy atom. The number of carbonyl (C=O) groups is 1. The van der Waals surface area contributed by atoms with Crippen molar-refractivity contribution >= 4 is 35.8 Å². The summed E-state index contributed by atoms with van der Waals surface area (Å²) in [4.78, 5) is 24.4. The van der Waals surface area contributed by atoms with Crippen LogP contribution in [0.15, 0.2) is 23.3 Å². The number of nitrogens with one attached hydrogen (secondary N) is 1. The third kappa shape index (κ3) is 7.37. The van der Waals surface area contributed by atoms with Crippen LogP contribution in [0.1, 0.15) is 18.4 Å². The second kappa shape index (κ2) is 11.7. The van der Waals surface area contributed by atoms with Crippen LogP contribution in [0.25, 0.3) is 0 Å². The number of carbonyl (C=O) groups excluding carboxylic acids is 1. The SMILES string of the molecule is CN=C(NCc1cccnc1OCC(F)(F)F)N1CCN(C(=O)C2CCCO2)CC1.I. The lowest BCUT2D eigenvalue weighted by molar-refractivity contribution is -0.154. The molecule has 0 radical (unpaired) electrons. The standard InChI is InChI=1S/C19H26F3N5O3.HI/c1-23-18(25-12-14-4-2-6-24-16(14)30-13-19(20,21)22)27-9-7-26(8-10-27)17(28)15-5-3-11-29-15;/h2,4,6,15H,3,5,7-13H2,1H3,(H,23,25);1H. The van der Waals surface area contributed by atoms with Crippen LogP contribution < -0.4 is 10.1 Å². The molecule has 2 saturated heterocycles. The molecule has 3 rings (SSSR count). The summed E-state index contributed by atoms with van der Waals surface area (Å²) in [5.41, 5.74) is 0.495. The summed E-state index contributed by atoms with van der Waals surface area (Å²) in [5.74, 6) is 0.575. The zero-order chi connectivity index (χ0) is 21.6. The van der Waals surface area contributed by atoms with E-state index in [-0.39, 0.29) is 48.4 Å². The maximum absolute atomic E-state index is 12.5. The number of halogens is 4. The van der Waals surface area contributed by atoms with E-state index in [1.165, 1.54) is 6.20 Å². The molecule has 31 heavy (non-hydrogen) atoms. The highest BCUT2D eigenvalue weighted by Gasteiger charge is 2.31. The third-order valence-electron chi connectivity index (χ3n) is 4.97. The van der Waals surface area contributed by atoms with Crippen molar-refractivity contribution in [3.63, 3.8) is 0 Å². The molecule has 0 spiro atoms. The zero-order valence-electron chi connectivity index (χ0n) is 17.2. The quantitative estimate of drug-likeness (QED) is 0.340. The summed E-state index contributed by atoms with van der Waals surface area (Å²) >= 11 is 0. The second-order valence-electron chi connectivity index (χ2n) is 7.09. The number of nitrogens with zero attached hydrogens (tertiary/aromatic N) is 4. The minimum absolute atomic E-state index is 0. The van der Waals surface area contributed by atoms with Gasteiger partial charge in [-0.05, 0) is 18.9 Å². The number of hydrogen-bond donors (Lipinski definition) is 1. The number of piperazine rings is 1. The number of pyridine rings is 1. The third-order valence-corrected chi connectivity index (χ3v) is 4.97. The van der Waals surface area contributed by atoms with Crippen LogP contribution in [-0.2, 0) is 16.1 Å². The highest BCUT2D eigenvalue weighted by molar-refractivity contribution is 14.0. The van der Waals surface area contributed by atoms with E-state index in [1.807, 2.05) is 9.80 Å². The van der Waals surface area contributed by atoms with Crippen LogP contribution in [0.2, 0.25) is 0 Å². The molecule has 2 fully saturated rings. The number of ether oxygens (including phenoxy) is 2. The average Bonchev–Trinajstić information content (AvgIpc) is 3.28. The number of rotatable bonds is 5. The maximum Gasteiger partial charge on any atom is 0.422 e. The van der Waals surface area contributed by atoms with Crippen molar-refractivity contribution in [3.8, 4) is 5.88 Å². The summed E-state index contributed by atoms with van der Waals surface area (Å²) in [7, 11) is 1.64. The summed E-state index contributed by atoms with van der Waals surface area (Å²) in [6.45, 7) is 1.77. The van der Waals surface area contributed by atoms with E-state index in [1.54, 1.807) is 19.2 Å². The van der Waals surface area contributed by atoms with E-state index >= 15 is 0 Å². The van der Waals surface area contributed by atoms with Gasteiger partial charge in [0.25, 0.3) is 5.91 Å². The zero-order valence-corrected chi connectivity index (χ0v) is 19.6. The number of amides is 1. The Kier molecular flexibility index (Phi) is 9.59. The van der Waals surface area contributed by atoms with Gasteiger partial charge in [0.15, 0.2) is 12.6 Å². The predicted octanol–water partition coefficient (Wildman–Crippen LogP) is 2.04. The molecule has 3 heterocycles. The highest BCUT2D eigenvalue weighted by Crippen LogP contribution is 2.20. The molecule has 1 N–H and O–H groups in total. The smallest absolute Gasteiger partial charge is 0.422 e. The van der Waals surface area contributed by atoms with Gasteiger partial charge in [-0.3, -0.25) is 9.79 Å². The molecule has 2 aliphatic rings. The first-order chi connectivity index (χ1) is 14.4. The number of guanidine groups is 1. The van der Waals surface area contributed by atoms with E-state index in [2.05, 4.69) is 15.3 Å². The Morgan fingerprint density at radius 2 is 2.03 bits per heavy atom. The van der Waals surface area contributed by atoms with E-state index < -0.39 is 12.8 Å². The molecule has 8 nitrogen and oxygen atoms in total. The first-order valence-electron chi connectivity index (χ1n) is 9.87. The van der Waals surface area contributed by atoms with Gasteiger partial charge in [-0.25, -0.2) is 4.98 Å². The van der Waals surface area contributed by atoms with Gasteiger partial charge in [0.2, 0.25) is 5.88 Å². The number of aliphatic imine (C=N–C) groups is 1. The molecule has 174 valence electrons. The lowest BCUT2D eigenvalue weighted by Gasteiger charge is -2.37. The molecular weight excluding hydrogens is 530 g/mol. The van der Waals surface area contributed by atoms with Crippen molar-refractivity contribution in [2.24, 2.45) is 4.99 Å². The number of hydrogen-bond acceptors (Lipinski definition) is 5. The molecule has 2 aliphatic heterocycles. The minimum atomic E-state index is -4.43. The van der Waals surface area contributed by atoms with Crippen LogP contribution in [0.4, 0.5) is 13.2 Å². The molecule has 0 aromatic carbocycles. The highest BCUT2D eigenvalue weighted by atomic mass is 127. The lowest BCUT2D eigenvalue weighted by atomic mass is 10.2. The van der Waals surface area contributed by atoms with E-state index in [4.69, 9.17) is 9.47 Å². The summed E-state index contributed by atoms with van der Waals surface area (Å²) in [5, 5.41) is 3.14. The van der Waals surface area contributed by atoms with Crippen LogP contribution in [0.5, 0.6) is 5.88 Å². The van der Waals surface area contributed by atoms with E-state index in [0.717, 1.165) is 12.8 Å². The molecule has 1 amide bonds. The first-order valence-corrected chi connectivity index (χ1v) is 9.87. The molecule has 1 aromatic heterocycles. The van der Waals surface area contributed by atoms with Gasteiger partial charge < -0.3 is 24.6 Å². The second-order valence-corrected chi connectivity index (χ2v) is 7.09. The van der Waals surface area contributed by atoms with Crippen molar-refractivity contribution in [2.75, 3.05) is 46.4 Å². The van der Waals surface area contributed by atoms with Crippen molar-refractivity contribution in [1.82, 2.24) is 20.1 Å². The van der Waals surface area contributed by atoms with Crippen LogP contribution in [0, 0.1) is 0 Å².